The number of amides is 1. The molecule has 1 amide bonds. The summed E-state index contributed by atoms with van der Waals surface area (Å²) >= 11 is 0. The smallest absolute Gasteiger partial charge is 0.224 e. The van der Waals surface area contributed by atoms with E-state index < -0.39 is 0 Å². The van der Waals surface area contributed by atoms with E-state index in [1.807, 2.05) is 24.4 Å². The van der Waals surface area contributed by atoms with Crippen LogP contribution in [0.2, 0.25) is 0 Å². The number of hydrogen-bond acceptors (Lipinski definition) is 3. The average Bonchev–Trinajstić information content (AvgIpc) is 3.09. The fourth-order valence-corrected chi connectivity index (χ4v) is 2.73. The largest absolute Gasteiger partial charge is 0.497 e. The van der Waals surface area contributed by atoms with Gasteiger partial charge in [0, 0.05) is 29.6 Å². The van der Waals surface area contributed by atoms with Crippen LogP contribution in [0, 0.1) is 0 Å². The summed E-state index contributed by atoms with van der Waals surface area (Å²) in [6.45, 7) is 0. The fraction of sp³-hybridized carbons (Fsp3) is 0.211. The monoisotopic (exact) mass is 324 g/mol. The van der Waals surface area contributed by atoms with Crippen LogP contribution in [0.4, 0.5) is 5.69 Å². The standard InChI is InChI=1S/C19H20N2O3/c1-23-14-7-8-17(18(12-14)24-2)21-19(22)9-6-13-4-3-5-16-15(13)10-11-20-16/h3-5,7-8,10-12,20H,6,9H2,1-2H3,(H,21,22). The number of rotatable bonds is 6. The van der Waals surface area contributed by atoms with Crippen molar-refractivity contribution in [2.75, 3.05) is 19.5 Å². The van der Waals surface area contributed by atoms with Gasteiger partial charge in [0.25, 0.3) is 0 Å². The van der Waals surface area contributed by atoms with Crippen molar-refractivity contribution in [2.45, 2.75) is 12.8 Å². The average molecular weight is 324 g/mol. The number of carbonyl (C=O) groups excluding carboxylic acids is 1. The van der Waals surface area contributed by atoms with E-state index in [2.05, 4.69) is 16.4 Å². The van der Waals surface area contributed by atoms with Gasteiger partial charge in [-0.15, -0.1) is 0 Å². The molecule has 0 saturated heterocycles. The van der Waals surface area contributed by atoms with Gasteiger partial charge in [-0.3, -0.25) is 4.79 Å². The van der Waals surface area contributed by atoms with Crippen molar-refractivity contribution in [2.24, 2.45) is 0 Å². The van der Waals surface area contributed by atoms with Crippen molar-refractivity contribution in [3.63, 3.8) is 0 Å². The molecule has 0 aliphatic rings. The number of hydrogen-bond donors (Lipinski definition) is 2. The lowest BCUT2D eigenvalue weighted by Gasteiger charge is -2.11. The molecule has 0 fully saturated rings. The minimum atomic E-state index is -0.0500. The third kappa shape index (κ3) is 3.35. The Hall–Kier alpha value is -2.95. The van der Waals surface area contributed by atoms with E-state index in [-0.39, 0.29) is 5.91 Å². The van der Waals surface area contributed by atoms with E-state index in [4.69, 9.17) is 9.47 Å². The highest BCUT2D eigenvalue weighted by Crippen LogP contribution is 2.29. The molecule has 0 atom stereocenters. The summed E-state index contributed by atoms with van der Waals surface area (Å²) in [5, 5.41) is 4.06. The van der Waals surface area contributed by atoms with Gasteiger partial charge >= 0.3 is 0 Å². The van der Waals surface area contributed by atoms with Gasteiger partial charge in [0.05, 0.1) is 19.9 Å². The first-order chi connectivity index (χ1) is 11.7. The summed E-state index contributed by atoms with van der Waals surface area (Å²) < 4.78 is 10.5. The van der Waals surface area contributed by atoms with Gasteiger partial charge in [0.1, 0.15) is 11.5 Å². The molecule has 124 valence electrons. The van der Waals surface area contributed by atoms with Gasteiger partial charge in [-0.25, -0.2) is 0 Å². The van der Waals surface area contributed by atoms with Gasteiger partial charge in [0.15, 0.2) is 0 Å². The van der Waals surface area contributed by atoms with Gasteiger partial charge in [-0.05, 0) is 36.2 Å². The molecule has 2 N–H and O–H groups in total. The van der Waals surface area contributed by atoms with Crippen molar-refractivity contribution in [3.05, 3.63) is 54.2 Å². The zero-order valence-electron chi connectivity index (χ0n) is 13.8. The number of ether oxygens (including phenoxy) is 2. The number of aromatic amines is 1. The van der Waals surface area contributed by atoms with Crippen LogP contribution in [0.1, 0.15) is 12.0 Å². The zero-order valence-corrected chi connectivity index (χ0v) is 13.8. The summed E-state index contributed by atoms with van der Waals surface area (Å²) in [5.74, 6) is 1.21. The summed E-state index contributed by atoms with van der Waals surface area (Å²) in [4.78, 5) is 15.5. The van der Waals surface area contributed by atoms with Crippen LogP contribution in [0.15, 0.2) is 48.7 Å². The molecule has 24 heavy (non-hydrogen) atoms. The first kappa shape index (κ1) is 15.9. The maximum Gasteiger partial charge on any atom is 0.224 e. The minimum absolute atomic E-state index is 0.0500. The predicted molar refractivity (Wildman–Crippen MR) is 94.8 cm³/mol. The lowest BCUT2D eigenvalue weighted by Crippen LogP contribution is -2.13. The first-order valence-electron chi connectivity index (χ1n) is 7.78. The van der Waals surface area contributed by atoms with Crippen molar-refractivity contribution in [3.8, 4) is 11.5 Å². The van der Waals surface area contributed by atoms with E-state index in [1.165, 1.54) is 0 Å². The molecule has 1 aromatic heterocycles. The molecule has 5 nitrogen and oxygen atoms in total. The summed E-state index contributed by atoms with van der Waals surface area (Å²) in [6, 6.07) is 13.4. The van der Waals surface area contributed by atoms with Gasteiger partial charge < -0.3 is 19.8 Å². The summed E-state index contributed by atoms with van der Waals surface area (Å²) in [7, 11) is 3.16. The lowest BCUT2D eigenvalue weighted by atomic mass is 10.1. The normalized spacial score (nSPS) is 10.6. The van der Waals surface area contributed by atoms with E-state index in [0.29, 0.717) is 30.0 Å². The molecule has 1 heterocycles. The summed E-state index contributed by atoms with van der Waals surface area (Å²) in [5.41, 5.74) is 2.89. The lowest BCUT2D eigenvalue weighted by molar-refractivity contribution is -0.116. The number of aromatic nitrogens is 1. The van der Waals surface area contributed by atoms with Crippen LogP contribution in [-0.2, 0) is 11.2 Å². The van der Waals surface area contributed by atoms with E-state index in [1.54, 1.807) is 32.4 Å². The molecule has 5 heteroatoms. The van der Waals surface area contributed by atoms with Gasteiger partial charge in [0.2, 0.25) is 5.91 Å². The molecule has 0 spiro atoms. The number of benzene rings is 2. The van der Waals surface area contributed by atoms with Crippen molar-refractivity contribution >= 4 is 22.5 Å². The Balaban J connectivity index is 1.67. The molecule has 2 aromatic carbocycles. The molecule has 3 aromatic rings. The predicted octanol–water partition coefficient (Wildman–Crippen LogP) is 3.76. The van der Waals surface area contributed by atoms with Crippen molar-refractivity contribution in [1.82, 2.24) is 4.98 Å². The molecule has 0 saturated carbocycles. The molecule has 0 aliphatic heterocycles. The quantitative estimate of drug-likeness (QED) is 0.726. The molecular weight excluding hydrogens is 304 g/mol. The van der Waals surface area contributed by atoms with Crippen LogP contribution in [-0.4, -0.2) is 25.1 Å². The van der Waals surface area contributed by atoms with E-state index in [0.717, 1.165) is 16.5 Å². The second-order valence-corrected chi connectivity index (χ2v) is 5.47. The number of methoxy groups -OCH3 is 2. The highest BCUT2D eigenvalue weighted by atomic mass is 16.5. The third-order valence-corrected chi connectivity index (χ3v) is 3.99. The highest BCUT2D eigenvalue weighted by molar-refractivity contribution is 5.93. The molecule has 0 unspecified atom stereocenters. The van der Waals surface area contributed by atoms with Gasteiger partial charge in [-0.1, -0.05) is 12.1 Å². The van der Waals surface area contributed by atoms with Crippen molar-refractivity contribution < 1.29 is 14.3 Å². The SMILES string of the molecule is COc1ccc(NC(=O)CCc2cccc3[nH]ccc23)c(OC)c1. The van der Waals surface area contributed by atoms with Crippen LogP contribution in [0.5, 0.6) is 11.5 Å². The third-order valence-electron chi connectivity index (χ3n) is 3.99. The van der Waals surface area contributed by atoms with Crippen LogP contribution in [0.25, 0.3) is 10.9 Å². The van der Waals surface area contributed by atoms with Crippen LogP contribution >= 0.6 is 0 Å². The zero-order chi connectivity index (χ0) is 16.9. The minimum Gasteiger partial charge on any atom is -0.497 e. The Morgan fingerprint density at radius 3 is 2.79 bits per heavy atom. The maximum atomic E-state index is 12.3. The molecule has 3 rings (SSSR count). The fourth-order valence-electron chi connectivity index (χ4n) is 2.73. The second kappa shape index (κ2) is 7.08. The first-order valence-corrected chi connectivity index (χ1v) is 7.78. The highest BCUT2D eigenvalue weighted by Gasteiger charge is 2.10. The second-order valence-electron chi connectivity index (χ2n) is 5.47. The number of fused-ring (bicyclic) bond motifs is 1. The van der Waals surface area contributed by atoms with Gasteiger partial charge in [-0.2, -0.15) is 0 Å². The maximum absolute atomic E-state index is 12.3. The molecular formula is C19H20N2O3. The van der Waals surface area contributed by atoms with Crippen molar-refractivity contribution in [1.29, 1.82) is 0 Å². The Labute approximate surface area is 140 Å². The number of carbonyl (C=O) groups is 1. The van der Waals surface area contributed by atoms with E-state index >= 15 is 0 Å². The Morgan fingerprint density at radius 1 is 1.12 bits per heavy atom. The number of nitrogens with one attached hydrogen (secondary N) is 2. The topological polar surface area (TPSA) is 63.3 Å². The van der Waals surface area contributed by atoms with E-state index in [9.17, 15) is 4.79 Å². The van der Waals surface area contributed by atoms with Crippen LogP contribution in [0.3, 0.4) is 0 Å². The number of H-pyrrole nitrogens is 1. The Bertz CT molecular complexity index is 855. The molecule has 0 bridgehead atoms. The Morgan fingerprint density at radius 2 is 2.00 bits per heavy atom. The van der Waals surface area contributed by atoms with Crippen LogP contribution < -0.4 is 14.8 Å². The number of aryl methyl sites for hydroxylation is 1. The number of anilines is 1. The summed E-state index contributed by atoms with van der Waals surface area (Å²) in [6.07, 6.45) is 3.00. The Kier molecular flexibility index (Phi) is 4.70. The molecule has 0 aliphatic carbocycles. The molecule has 0 radical (unpaired) electrons.